The van der Waals surface area contributed by atoms with Gasteiger partial charge in [0.1, 0.15) is 0 Å². The molecule has 2 heterocycles. The highest BCUT2D eigenvalue weighted by Crippen LogP contribution is 2.31. The third-order valence-corrected chi connectivity index (χ3v) is 5.93. The number of rotatable bonds is 5. The molecule has 5 nitrogen and oxygen atoms in total. The molecule has 0 saturated carbocycles. The Morgan fingerprint density at radius 2 is 2.05 bits per heavy atom. The van der Waals surface area contributed by atoms with Gasteiger partial charge in [0.25, 0.3) is 0 Å². The van der Waals surface area contributed by atoms with Crippen LogP contribution in [0, 0.1) is 5.92 Å². The van der Waals surface area contributed by atoms with Crippen molar-refractivity contribution in [2.24, 2.45) is 11.7 Å². The van der Waals surface area contributed by atoms with Crippen LogP contribution in [0.3, 0.4) is 0 Å². The Morgan fingerprint density at radius 1 is 1.41 bits per heavy atom. The molecule has 0 aromatic rings. The number of amides is 1. The van der Waals surface area contributed by atoms with Crippen molar-refractivity contribution in [3.63, 3.8) is 0 Å². The topological polar surface area (TPSA) is 67.6 Å². The van der Waals surface area contributed by atoms with Crippen LogP contribution in [0.5, 0.6) is 0 Å². The Bertz CT molecular complexity index is 336. The summed E-state index contributed by atoms with van der Waals surface area (Å²) in [6, 6.07) is -0.396. The van der Waals surface area contributed by atoms with Gasteiger partial charge in [-0.25, -0.2) is 0 Å². The lowest BCUT2D eigenvalue weighted by molar-refractivity contribution is -0.124. The number of thioether (sulfide) groups is 1. The zero-order valence-electron chi connectivity index (χ0n) is 13.4. The fourth-order valence-corrected chi connectivity index (χ4v) is 4.46. The van der Waals surface area contributed by atoms with E-state index in [1.54, 1.807) is 0 Å². The molecule has 2 aliphatic heterocycles. The van der Waals surface area contributed by atoms with Crippen LogP contribution in [0.2, 0.25) is 0 Å². The Balaban J connectivity index is 0.00000220. The average Bonchev–Trinajstić information content (AvgIpc) is 2.95. The smallest absolute Gasteiger partial charge is 0.237 e. The van der Waals surface area contributed by atoms with E-state index in [-0.39, 0.29) is 42.2 Å². The van der Waals surface area contributed by atoms with Crippen LogP contribution in [-0.2, 0) is 9.53 Å². The van der Waals surface area contributed by atoms with Gasteiger partial charge in [-0.2, -0.15) is 11.8 Å². The molecule has 22 heavy (non-hydrogen) atoms. The first kappa shape index (κ1) is 22.3. The summed E-state index contributed by atoms with van der Waals surface area (Å²) in [5.74, 6) is 2.50. The fourth-order valence-electron chi connectivity index (χ4n) is 2.91. The van der Waals surface area contributed by atoms with Crippen LogP contribution in [0.15, 0.2) is 0 Å². The van der Waals surface area contributed by atoms with Gasteiger partial charge >= 0.3 is 0 Å². The molecule has 0 aliphatic carbocycles. The van der Waals surface area contributed by atoms with E-state index in [0.717, 1.165) is 38.2 Å². The average molecular weight is 374 g/mol. The van der Waals surface area contributed by atoms with Crippen LogP contribution in [0.1, 0.15) is 19.3 Å². The van der Waals surface area contributed by atoms with Crippen molar-refractivity contribution in [3.05, 3.63) is 0 Å². The number of nitrogens with one attached hydrogen (secondary N) is 1. The summed E-state index contributed by atoms with van der Waals surface area (Å²) in [5.41, 5.74) is 6.20. The van der Waals surface area contributed by atoms with E-state index in [0.29, 0.717) is 6.54 Å². The molecule has 0 bridgehead atoms. The Hall–Kier alpha value is 0.280. The first-order valence-electron chi connectivity index (χ1n) is 7.41. The minimum Gasteiger partial charge on any atom is -0.381 e. The third kappa shape index (κ3) is 5.42. The molecule has 2 aliphatic rings. The molecule has 0 aromatic carbocycles. The maximum absolute atomic E-state index is 12.3. The molecule has 2 rings (SSSR count). The van der Waals surface area contributed by atoms with Crippen LogP contribution >= 0.6 is 36.6 Å². The third-order valence-electron chi connectivity index (χ3n) is 4.70. The number of ether oxygens (including phenoxy) is 1. The van der Waals surface area contributed by atoms with Crippen molar-refractivity contribution in [2.45, 2.75) is 30.8 Å². The largest absolute Gasteiger partial charge is 0.381 e. The van der Waals surface area contributed by atoms with Crippen LogP contribution < -0.4 is 11.1 Å². The second-order valence-corrected chi connectivity index (χ2v) is 7.22. The lowest BCUT2D eigenvalue weighted by atomic mass is 9.91. The molecule has 8 heteroatoms. The van der Waals surface area contributed by atoms with Crippen molar-refractivity contribution < 1.29 is 9.53 Å². The van der Waals surface area contributed by atoms with Gasteiger partial charge in [0, 0.05) is 31.1 Å². The van der Waals surface area contributed by atoms with Crippen molar-refractivity contribution in [2.75, 3.05) is 45.4 Å². The van der Waals surface area contributed by atoms with E-state index >= 15 is 0 Å². The predicted octanol–water partition coefficient (Wildman–Crippen LogP) is 1.14. The molecule has 0 spiro atoms. The number of carbonyl (C=O) groups is 1. The number of nitrogens with zero attached hydrogens (tertiary/aromatic N) is 1. The normalized spacial score (nSPS) is 26.9. The van der Waals surface area contributed by atoms with E-state index in [2.05, 4.69) is 24.3 Å². The van der Waals surface area contributed by atoms with Gasteiger partial charge in [0.15, 0.2) is 0 Å². The van der Waals surface area contributed by atoms with E-state index in [4.69, 9.17) is 10.5 Å². The van der Waals surface area contributed by atoms with Crippen molar-refractivity contribution in [1.29, 1.82) is 0 Å². The van der Waals surface area contributed by atoms with Gasteiger partial charge < -0.3 is 20.7 Å². The SMILES string of the molecule is CN(C)C1(CNC(=O)C(N)C2CCOCC2)CCSC1.Cl.Cl. The molecular formula is C14H29Cl2N3O2S. The van der Waals surface area contributed by atoms with Gasteiger partial charge in [-0.05, 0) is 45.0 Å². The van der Waals surface area contributed by atoms with Crippen molar-refractivity contribution in [1.82, 2.24) is 10.2 Å². The first-order chi connectivity index (χ1) is 9.55. The maximum Gasteiger partial charge on any atom is 0.237 e. The molecule has 1 amide bonds. The van der Waals surface area contributed by atoms with Gasteiger partial charge in [-0.15, -0.1) is 24.8 Å². The summed E-state index contributed by atoms with van der Waals surface area (Å²) in [4.78, 5) is 14.5. The number of halogens is 2. The molecule has 132 valence electrons. The highest BCUT2D eigenvalue weighted by Gasteiger charge is 2.37. The van der Waals surface area contributed by atoms with E-state index in [1.165, 1.54) is 5.75 Å². The molecular weight excluding hydrogens is 345 g/mol. The number of likely N-dealkylation sites (N-methyl/N-ethyl adjacent to an activating group) is 1. The molecule has 0 aromatic heterocycles. The van der Waals surface area contributed by atoms with E-state index < -0.39 is 6.04 Å². The van der Waals surface area contributed by atoms with Crippen LogP contribution in [0.25, 0.3) is 0 Å². The summed E-state index contributed by atoms with van der Waals surface area (Å²) < 4.78 is 5.32. The quantitative estimate of drug-likeness (QED) is 0.756. The number of carbonyl (C=O) groups excluding carboxylic acids is 1. The monoisotopic (exact) mass is 373 g/mol. The summed E-state index contributed by atoms with van der Waals surface area (Å²) in [6.07, 6.45) is 2.91. The van der Waals surface area contributed by atoms with Gasteiger partial charge in [0.2, 0.25) is 5.91 Å². The Kier molecular flexibility index (Phi) is 10.3. The summed E-state index contributed by atoms with van der Waals surface area (Å²) in [6.45, 7) is 2.15. The van der Waals surface area contributed by atoms with E-state index in [1.807, 2.05) is 11.8 Å². The lowest BCUT2D eigenvalue weighted by Gasteiger charge is -2.36. The molecule has 2 unspecified atom stereocenters. The minimum atomic E-state index is -0.396. The predicted molar refractivity (Wildman–Crippen MR) is 97.4 cm³/mol. The van der Waals surface area contributed by atoms with Crippen molar-refractivity contribution in [3.8, 4) is 0 Å². The number of nitrogens with two attached hydrogens (primary N) is 1. The molecule has 2 fully saturated rings. The fraction of sp³-hybridized carbons (Fsp3) is 0.929. The maximum atomic E-state index is 12.3. The summed E-state index contributed by atoms with van der Waals surface area (Å²) >= 11 is 1.96. The molecule has 2 atom stereocenters. The van der Waals surface area contributed by atoms with Crippen LogP contribution in [0.4, 0.5) is 0 Å². The van der Waals surface area contributed by atoms with Crippen molar-refractivity contribution >= 4 is 42.5 Å². The Morgan fingerprint density at radius 3 is 2.55 bits per heavy atom. The second kappa shape index (κ2) is 10.2. The van der Waals surface area contributed by atoms with Gasteiger partial charge in [-0.1, -0.05) is 0 Å². The zero-order chi connectivity index (χ0) is 14.6. The molecule has 3 N–H and O–H groups in total. The van der Waals surface area contributed by atoms with Gasteiger partial charge in [0.05, 0.1) is 6.04 Å². The Labute approximate surface area is 150 Å². The van der Waals surface area contributed by atoms with Crippen LogP contribution in [-0.4, -0.2) is 67.7 Å². The van der Waals surface area contributed by atoms with E-state index in [9.17, 15) is 4.79 Å². The second-order valence-electron chi connectivity index (χ2n) is 6.11. The highest BCUT2D eigenvalue weighted by molar-refractivity contribution is 7.99. The standard InChI is InChI=1S/C14H27N3O2S.2ClH/c1-17(2)14(5-8-20-10-14)9-16-13(18)12(15)11-3-6-19-7-4-11;;/h11-12H,3-10,15H2,1-2H3,(H,16,18);2*1H. The summed E-state index contributed by atoms with van der Waals surface area (Å²) in [5, 5.41) is 3.08. The minimum absolute atomic E-state index is 0. The number of hydrogen-bond donors (Lipinski definition) is 2. The van der Waals surface area contributed by atoms with Gasteiger partial charge in [-0.3, -0.25) is 4.79 Å². The zero-order valence-corrected chi connectivity index (χ0v) is 15.8. The first-order valence-corrected chi connectivity index (χ1v) is 8.57. The highest BCUT2D eigenvalue weighted by atomic mass is 35.5. The summed E-state index contributed by atoms with van der Waals surface area (Å²) in [7, 11) is 4.19. The molecule has 0 radical (unpaired) electrons. The number of hydrogen-bond acceptors (Lipinski definition) is 5. The molecule has 2 saturated heterocycles. The lowest BCUT2D eigenvalue weighted by Crippen LogP contribution is -2.56.